The molecule has 1 aliphatic heterocycles. The van der Waals surface area contributed by atoms with Gasteiger partial charge in [0.2, 0.25) is 0 Å². The highest BCUT2D eigenvalue weighted by Gasteiger charge is 2.30. The molecule has 2 aliphatic rings. The Morgan fingerprint density at radius 3 is 2.13 bits per heavy atom. The van der Waals surface area contributed by atoms with E-state index in [0.717, 1.165) is 19.6 Å². The van der Waals surface area contributed by atoms with Gasteiger partial charge in [-0.3, -0.25) is 0 Å². The molecule has 2 unspecified atom stereocenters. The quantitative estimate of drug-likeness (QED) is 0.762. The molecule has 88 valence electrons. The Morgan fingerprint density at radius 1 is 0.867 bits per heavy atom. The van der Waals surface area contributed by atoms with E-state index in [1.165, 1.54) is 44.9 Å². The van der Waals surface area contributed by atoms with Gasteiger partial charge < -0.3 is 9.84 Å². The fourth-order valence-corrected chi connectivity index (χ4v) is 3.04. The average Bonchev–Trinajstić information content (AvgIpc) is 2.68. The van der Waals surface area contributed by atoms with Crippen LogP contribution in [0.3, 0.4) is 0 Å². The van der Waals surface area contributed by atoms with Crippen molar-refractivity contribution in [3.8, 4) is 0 Å². The minimum absolute atomic E-state index is 0.0920. The highest BCUT2D eigenvalue weighted by Crippen LogP contribution is 2.30. The van der Waals surface area contributed by atoms with Crippen LogP contribution < -0.4 is 0 Å². The summed E-state index contributed by atoms with van der Waals surface area (Å²) in [7, 11) is 0. The topological polar surface area (TPSA) is 29.5 Å². The van der Waals surface area contributed by atoms with Crippen molar-refractivity contribution in [3.63, 3.8) is 0 Å². The molecule has 1 saturated heterocycles. The van der Waals surface area contributed by atoms with Crippen molar-refractivity contribution in [2.75, 3.05) is 13.2 Å². The van der Waals surface area contributed by atoms with Crippen LogP contribution in [0.15, 0.2) is 0 Å². The molecule has 0 radical (unpaired) electrons. The summed E-state index contributed by atoms with van der Waals surface area (Å²) in [5.41, 5.74) is 0. The first kappa shape index (κ1) is 11.4. The second-order valence-electron chi connectivity index (χ2n) is 5.22. The second kappa shape index (κ2) is 5.86. The summed E-state index contributed by atoms with van der Waals surface area (Å²) in [5, 5.41) is 10.3. The predicted molar refractivity (Wildman–Crippen MR) is 60.7 cm³/mol. The van der Waals surface area contributed by atoms with Gasteiger partial charge in [0.1, 0.15) is 0 Å². The van der Waals surface area contributed by atoms with E-state index >= 15 is 0 Å². The number of aliphatic hydroxyl groups is 1. The standard InChI is InChI=1S/C13H24O2/c14-13(12-8-9-15-10-12)11-6-4-2-1-3-5-7-11/h11-14H,1-10H2. The lowest BCUT2D eigenvalue weighted by molar-refractivity contribution is 0.0323. The number of aliphatic hydroxyl groups excluding tert-OH is 1. The van der Waals surface area contributed by atoms with E-state index in [1.807, 2.05) is 0 Å². The summed E-state index contributed by atoms with van der Waals surface area (Å²) in [4.78, 5) is 0. The van der Waals surface area contributed by atoms with Gasteiger partial charge in [0.15, 0.2) is 0 Å². The number of rotatable bonds is 2. The molecule has 2 fully saturated rings. The van der Waals surface area contributed by atoms with Gasteiger partial charge in [-0.05, 0) is 25.2 Å². The molecule has 0 amide bonds. The fraction of sp³-hybridized carbons (Fsp3) is 1.00. The van der Waals surface area contributed by atoms with E-state index < -0.39 is 0 Å². The zero-order valence-electron chi connectivity index (χ0n) is 9.66. The van der Waals surface area contributed by atoms with Crippen LogP contribution in [0.25, 0.3) is 0 Å². The summed E-state index contributed by atoms with van der Waals surface area (Å²) in [6.07, 6.45) is 10.2. The van der Waals surface area contributed by atoms with Crippen LogP contribution in [0.5, 0.6) is 0 Å². The monoisotopic (exact) mass is 212 g/mol. The lowest BCUT2D eigenvalue weighted by Crippen LogP contribution is -2.30. The van der Waals surface area contributed by atoms with Gasteiger partial charge in [-0.25, -0.2) is 0 Å². The molecular weight excluding hydrogens is 188 g/mol. The molecule has 1 heterocycles. The molecule has 2 nitrogen and oxygen atoms in total. The maximum Gasteiger partial charge on any atom is 0.0619 e. The molecule has 0 aromatic heterocycles. The van der Waals surface area contributed by atoms with Crippen LogP contribution in [0, 0.1) is 11.8 Å². The van der Waals surface area contributed by atoms with Gasteiger partial charge in [0, 0.05) is 12.5 Å². The molecule has 1 saturated carbocycles. The van der Waals surface area contributed by atoms with E-state index in [0.29, 0.717) is 11.8 Å². The average molecular weight is 212 g/mol. The van der Waals surface area contributed by atoms with Crippen molar-refractivity contribution in [1.29, 1.82) is 0 Å². The molecule has 15 heavy (non-hydrogen) atoms. The van der Waals surface area contributed by atoms with E-state index in [1.54, 1.807) is 0 Å². The summed E-state index contributed by atoms with van der Waals surface area (Å²) in [6, 6.07) is 0. The number of ether oxygens (including phenoxy) is 1. The Bertz CT molecular complexity index is 167. The third-order valence-electron chi connectivity index (χ3n) is 4.08. The third kappa shape index (κ3) is 3.18. The van der Waals surface area contributed by atoms with Gasteiger partial charge in [-0.1, -0.05) is 32.1 Å². The lowest BCUT2D eigenvalue weighted by atomic mass is 9.82. The van der Waals surface area contributed by atoms with Crippen LogP contribution in [0.4, 0.5) is 0 Å². The summed E-state index contributed by atoms with van der Waals surface area (Å²) >= 11 is 0. The zero-order chi connectivity index (χ0) is 10.5. The van der Waals surface area contributed by atoms with Crippen molar-refractivity contribution < 1.29 is 9.84 Å². The van der Waals surface area contributed by atoms with Crippen LogP contribution in [0.1, 0.15) is 51.4 Å². The fourth-order valence-electron chi connectivity index (χ4n) is 3.04. The van der Waals surface area contributed by atoms with Crippen molar-refractivity contribution in [1.82, 2.24) is 0 Å². The smallest absolute Gasteiger partial charge is 0.0619 e. The molecule has 2 rings (SSSR count). The summed E-state index contributed by atoms with van der Waals surface area (Å²) in [6.45, 7) is 1.64. The summed E-state index contributed by atoms with van der Waals surface area (Å²) in [5.74, 6) is 0.978. The third-order valence-corrected chi connectivity index (χ3v) is 4.08. The van der Waals surface area contributed by atoms with Crippen molar-refractivity contribution in [2.24, 2.45) is 11.8 Å². The summed E-state index contributed by atoms with van der Waals surface area (Å²) < 4.78 is 5.36. The molecule has 1 N–H and O–H groups in total. The van der Waals surface area contributed by atoms with E-state index in [-0.39, 0.29) is 6.10 Å². The largest absolute Gasteiger partial charge is 0.392 e. The van der Waals surface area contributed by atoms with Crippen LogP contribution in [-0.2, 0) is 4.74 Å². The predicted octanol–water partition coefficient (Wildman–Crippen LogP) is 2.74. The van der Waals surface area contributed by atoms with Crippen molar-refractivity contribution in [3.05, 3.63) is 0 Å². The van der Waals surface area contributed by atoms with Crippen LogP contribution in [0.2, 0.25) is 0 Å². The van der Waals surface area contributed by atoms with Crippen molar-refractivity contribution >= 4 is 0 Å². The molecule has 2 atom stereocenters. The van der Waals surface area contributed by atoms with E-state index in [2.05, 4.69) is 0 Å². The molecule has 0 aromatic rings. The van der Waals surface area contributed by atoms with E-state index in [4.69, 9.17) is 4.74 Å². The molecule has 2 heteroatoms. The van der Waals surface area contributed by atoms with Gasteiger partial charge in [-0.2, -0.15) is 0 Å². The van der Waals surface area contributed by atoms with Crippen molar-refractivity contribution in [2.45, 2.75) is 57.5 Å². The number of hydrogen-bond acceptors (Lipinski definition) is 2. The Morgan fingerprint density at radius 2 is 1.53 bits per heavy atom. The highest BCUT2D eigenvalue weighted by molar-refractivity contribution is 4.80. The Kier molecular flexibility index (Phi) is 4.45. The van der Waals surface area contributed by atoms with Crippen LogP contribution >= 0.6 is 0 Å². The Labute approximate surface area is 93.0 Å². The SMILES string of the molecule is OC(C1CCCCCCC1)C1CCOC1. The molecule has 0 spiro atoms. The maximum absolute atomic E-state index is 10.3. The molecule has 0 aromatic carbocycles. The minimum Gasteiger partial charge on any atom is -0.392 e. The van der Waals surface area contributed by atoms with Gasteiger partial charge in [-0.15, -0.1) is 0 Å². The van der Waals surface area contributed by atoms with E-state index in [9.17, 15) is 5.11 Å². The van der Waals surface area contributed by atoms with Gasteiger partial charge in [0.05, 0.1) is 12.7 Å². The van der Waals surface area contributed by atoms with Gasteiger partial charge in [0.25, 0.3) is 0 Å². The van der Waals surface area contributed by atoms with Gasteiger partial charge >= 0.3 is 0 Å². The first-order valence-electron chi connectivity index (χ1n) is 6.64. The maximum atomic E-state index is 10.3. The normalized spacial score (nSPS) is 32.2. The first-order chi connectivity index (χ1) is 7.38. The molecular formula is C13H24O2. The first-order valence-corrected chi connectivity index (χ1v) is 6.64. The van der Waals surface area contributed by atoms with Crippen LogP contribution in [-0.4, -0.2) is 24.4 Å². The lowest BCUT2D eigenvalue weighted by Gasteiger charge is -2.28. The zero-order valence-corrected chi connectivity index (χ0v) is 9.66. The molecule has 0 bridgehead atoms. The molecule has 1 aliphatic carbocycles. The minimum atomic E-state index is -0.0920. The second-order valence-corrected chi connectivity index (χ2v) is 5.22. The highest BCUT2D eigenvalue weighted by atomic mass is 16.5. The Hall–Kier alpha value is -0.0800. The number of hydrogen-bond donors (Lipinski definition) is 1. The Balaban J connectivity index is 1.82.